The van der Waals surface area contributed by atoms with Gasteiger partial charge in [-0.15, -0.1) is 0 Å². The van der Waals surface area contributed by atoms with E-state index in [9.17, 15) is 0 Å². The molecule has 104 valence electrons. The minimum atomic E-state index is 0.608. The zero-order chi connectivity index (χ0) is 13.5. The van der Waals surface area contributed by atoms with Crippen LogP contribution < -0.4 is 5.32 Å². The van der Waals surface area contributed by atoms with Gasteiger partial charge < -0.3 is 5.32 Å². The Morgan fingerprint density at radius 1 is 1.28 bits per heavy atom. The molecule has 18 heavy (non-hydrogen) atoms. The summed E-state index contributed by atoms with van der Waals surface area (Å²) in [6.07, 6.45) is 2.69. The van der Waals surface area contributed by atoms with E-state index in [0.29, 0.717) is 17.8 Å². The molecule has 1 aromatic heterocycles. The molecule has 1 N–H and O–H groups in total. The molecule has 0 fully saturated rings. The summed E-state index contributed by atoms with van der Waals surface area (Å²) in [5.41, 5.74) is 0. The number of nitrogens with one attached hydrogen (secondary N) is 1. The van der Waals surface area contributed by atoms with Crippen LogP contribution in [-0.2, 0) is 13.0 Å². The Labute approximate surface area is 111 Å². The van der Waals surface area contributed by atoms with Crippen molar-refractivity contribution in [2.24, 2.45) is 17.8 Å². The first kappa shape index (κ1) is 15.2. The Bertz CT molecular complexity index is 330. The molecule has 0 spiro atoms. The highest BCUT2D eigenvalue weighted by Crippen LogP contribution is 2.16. The van der Waals surface area contributed by atoms with E-state index in [4.69, 9.17) is 0 Å². The third-order valence-electron chi connectivity index (χ3n) is 3.28. The highest BCUT2D eigenvalue weighted by Gasteiger charge is 2.17. The molecular formula is C14H28N4. The quantitative estimate of drug-likeness (QED) is 0.772. The number of hydrogen-bond donors (Lipinski definition) is 1. The lowest BCUT2D eigenvalue weighted by Crippen LogP contribution is -2.28. The van der Waals surface area contributed by atoms with Crippen LogP contribution in [0.3, 0.4) is 0 Å². The minimum absolute atomic E-state index is 0.608. The van der Waals surface area contributed by atoms with Crippen LogP contribution in [0.2, 0.25) is 0 Å². The summed E-state index contributed by atoms with van der Waals surface area (Å²) >= 11 is 0. The molecule has 0 amide bonds. The standard InChI is InChI=1S/C14H28N4/c1-6-15-8-13(12(4)5)7-14-16-10-17-18(14)9-11(2)3/h10-13,15H,6-9H2,1-5H3. The average Bonchev–Trinajstić information content (AvgIpc) is 2.70. The molecule has 0 aromatic carbocycles. The monoisotopic (exact) mass is 252 g/mol. The predicted octanol–water partition coefficient (Wildman–Crippen LogP) is 2.36. The predicted molar refractivity (Wildman–Crippen MR) is 75.4 cm³/mol. The van der Waals surface area contributed by atoms with Crippen molar-refractivity contribution in [3.8, 4) is 0 Å². The molecule has 4 nitrogen and oxygen atoms in total. The maximum Gasteiger partial charge on any atom is 0.138 e. The van der Waals surface area contributed by atoms with E-state index in [0.717, 1.165) is 31.9 Å². The molecule has 0 saturated heterocycles. The van der Waals surface area contributed by atoms with Crippen LogP contribution in [0.1, 0.15) is 40.4 Å². The SMILES string of the molecule is CCNCC(Cc1ncnn1CC(C)C)C(C)C. The van der Waals surface area contributed by atoms with Gasteiger partial charge in [-0.25, -0.2) is 9.67 Å². The van der Waals surface area contributed by atoms with Gasteiger partial charge in [0, 0.05) is 13.0 Å². The second-order valence-electron chi connectivity index (χ2n) is 5.77. The van der Waals surface area contributed by atoms with Crippen LogP contribution in [0.15, 0.2) is 6.33 Å². The molecule has 0 radical (unpaired) electrons. The molecule has 0 saturated carbocycles. The number of rotatable bonds is 8. The Kier molecular flexibility index (Phi) is 6.33. The first-order valence-electron chi connectivity index (χ1n) is 7.12. The van der Waals surface area contributed by atoms with Crippen LogP contribution in [0.4, 0.5) is 0 Å². The number of nitrogens with zero attached hydrogens (tertiary/aromatic N) is 3. The Balaban J connectivity index is 2.65. The van der Waals surface area contributed by atoms with E-state index in [1.165, 1.54) is 0 Å². The Morgan fingerprint density at radius 2 is 2.00 bits per heavy atom. The lowest BCUT2D eigenvalue weighted by molar-refractivity contribution is 0.346. The van der Waals surface area contributed by atoms with Gasteiger partial charge in [-0.3, -0.25) is 0 Å². The maximum atomic E-state index is 4.42. The third kappa shape index (κ3) is 4.77. The van der Waals surface area contributed by atoms with Crippen LogP contribution in [0, 0.1) is 17.8 Å². The van der Waals surface area contributed by atoms with E-state index in [1.807, 2.05) is 0 Å². The zero-order valence-corrected chi connectivity index (χ0v) is 12.5. The third-order valence-corrected chi connectivity index (χ3v) is 3.28. The Hall–Kier alpha value is -0.900. The van der Waals surface area contributed by atoms with Crippen molar-refractivity contribution in [2.75, 3.05) is 13.1 Å². The smallest absolute Gasteiger partial charge is 0.138 e. The molecule has 4 heteroatoms. The van der Waals surface area contributed by atoms with Crippen molar-refractivity contribution in [1.82, 2.24) is 20.1 Å². The van der Waals surface area contributed by atoms with Crippen molar-refractivity contribution in [3.05, 3.63) is 12.2 Å². The highest BCUT2D eigenvalue weighted by molar-refractivity contribution is 4.89. The van der Waals surface area contributed by atoms with Gasteiger partial charge in [0.25, 0.3) is 0 Å². The van der Waals surface area contributed by atoms with E-state index in [1.54, 1.807) is 6.33 Å². The molecule has 1 atom stereocenters. The van der Waals surface area contributed by atoms with Gasteiger partial charge in [-0.2, -0.15) is 5.10 Å². The second kappa shape index (κ2) is 7.52. The van der Waals surface area contributed by atoms with Crippen LogP contribution in [-0.4, -0.2) is 27.9 Å². The van der Waals surface area contributed by atoms with Crippen molar-refractivity contribution in [3.63, 3.8) is 0 Å². The fraction of sp³-hybridized carbons (Fsp3) is 0.857. The van der Waals surface area contributed by atoms with E-state index in [2.05, 4.69) is 54.7 Å². The van der Waals surface area contributed by atoms with Gasteiger partial charge in [0.15, 0.2) is 0 Å². The van der Waals surface area contributed by atoms with Crippen LogP contribution in [0.25, 0.3) is 0 Å². The first-order chi connectivity index (χ1) is 8.54. The van der Waals surface area contributed by atoms with Gasteiger partial charge in [0.2, 0.25) is 0 Å². The summed E-state index contributed by atoms with van der Waals surface area (Å²) in [6, 6.07) is 0. The summed E-state index contributed by atoms with van der Waals surface area (Å²) in [5, 5.41) is 7.78. The summed E-state index contributed by atoms with van der Waals surface area (Å²) in [5.74, 6) is 3.02. The summed E-state index contributed by atoms with van der Waals surface area (Å²) in [4.78, 5) is 4.42. The van der Waals surface area contributed by atoms with Crippen LogP contribution in [0.5, 0.6) is 0 Å². The molecule has 1 aromatic rings. The molecular weight excluding hydrogens is 224 g/mol. The van der Waals surface area contributed by atoms with E-state index >= 15 is 0 Å². The summed E-state index contributed by atoms with van der Waals surface area (Å²) in [7, 11) is 0. The number of hydrogen-bond acceptors (Lipinski definition) is 3. The minimum Gasteiger partial charge on any atom is -0.317 e. The fourth-order valence-electron chi connectivity index (χ4n) is 2.05. The molecule has 1 unspecified atom stereocenters. The van der Waals surface area contributed by atoms with Crippen molar-refractivity contribution >= 4 is 0 Å². The van der Waals surface area contributed by atoms with Crippen molar-refractivity contribution in [1.29, 1.82) is 0 Å². The van der Waals surface area contributed by atoms with Crippen LogP contribution >= 0.6 is 0 Å². The lowest BCUT2D eigenvalue weighted by atomic mass is 9.92. The maximum absolute atomic E-state index is 4.42. The normalized spacial score (nSPS) is 13.5. The summed E-state index contributed by atoms with van der Waals surface area (Å²) < 4.78 is 2.06. The Morgan fingerprint density at radius 3 is 2.56 bits per heavy atom. The molecule has 0 aliphatic heterocycles. The first-order valence-corrected chi connectivity index (χ1v) is 7.12. The van der Waals surface area contributed by atoms with Gasteiger partial charge in [0.05, 0.1) is 0 Å². The summed E-state index contributed by atoms with van der Waals surface area (Å²) in [6.45, 7) is 14.2. The molecule has 0 aliphatic carbocycles. The van der Waals surface area contributed by atoms with Crippen molar-refractivity contribution < 1.29 is 0 Å². The van der Waals surface area contributed by atoms with E-state index in [-0.39, 0.29) is 0 Å². The molecule has 0 aliphatic rings. The second-order valence-corrected chi connectivity index (χ2v) is 5.77. The van der Waals surface area contributed by atoms with Gasteiger partial charge in [-0.1, -0.05) is 34.6 Å². The topological polar surface area (TPSA) is 42.7 Å². The molecule has 0 bridgehead atoms. The van der Waals surface area contributed by atoms with Crippen molar-refractivity contribution in [2.45, 2.75) is 47.6 Å². The zero-order valence-electron chi connectivity index (χ0n) is 12.5. The largest absolute Gasteiger partial charge is 0.317 e. The van der Waals surface area contributed by atoms with Gasteiger partial charge in [0.1, 0.15) is 12.2 Å². The van der Waals surface area contributed by atoms with E-state index < -0.39 is 0 Å². The fourth-order valence-corrected chi connectivity index (χ4v) is 2.05. The molecule has 1 heterocycles. The number of aromatic nitrogens is 3. The lowest BCUT2D eigenvalue weighted by Gasteiger charge is -2.21. The molecule has 1 rings (SSSR count). The van der Waals surface area contributed by atoms with Gasteiger partial charge in [-0.05, 0) is 30.8 Å². The van der Waals surface area contributed by atoms with Gasteiger partial charge >= 0.3 is 0 Å². The highest BCUT2D eigenvalue weighted by atomic mass is 15.3. The average molecular weight is 252 g/mol.